The van der Waals surface area contributed by atoms with Gasteiger partial charge in [0.2, 0.25) is 11.8 Å². The Morgan fingerprint density at radius 3 is 2.41 bits per heavy atom. The van der Waals surface area contributed by atoms with Crippen LogP contribution in [0.2, 0.25) is 0 Å². The maximum atomic E-state index is 12.5. The van der Waals surface area contributed by atoms with Gasteiger partial charge in [-0.05, 0) is 35.9 Å². The van der Waals surface area contributed by atoms with Gasteiger partial charge in [-0.3, -0.25) is 4.79 Å². The highest BCUT2D eigenvalue weighted by Gasteiger charge is 2.13. The molecule has 0 saturated carbocycles. The molecule has 0 aliphatic rings. The van der Waals surface area contributed by atoms with Crippen molar-refractivity contribution in [1.82, 2.24) is 10.2 Å². The maximum absolute atomic E-state index is 12.5. The van der Waals surface area contributed by atoms with Crippen LogP contribution in [0.3, 0.4) is 0 Å². The third kappa shape index (κ3) is 5.50. The number of ether oxygens (including phenoxy) is 1. The maximum Gasteiger partial charge on any atom is 0.387 e. The van der Waals surface area contributed by atoms with Crippen molar-refractivity contribution in [2.45, 2.75) is 11.8 Å². The van der Waals surface area contributed by atoms with Crippen molar-refractivity contribution in [3.05, 3.63) is 78.9 Å². The SMILES string of the molecule is O=C(CSc1nnc(-c2ccc(OC(F)F)cc2)o1)Nc1ccccc1-c1ccccc1. The second kappa shape index (κ2) is 10.1. The minimum Gasteiger partial charge on any atom is -0.435 e. The fourth-order valence-electron chi connectivity index (χ4n) is 2.94. The Kier molecular flexibility index (Phi) is 6.76. The normalized spacial score (nSPS) is 10.8. The number of carbonyl (C=O) groups excluding carboxylic acids is 1. The molecule has 0 fully saturated rings. The number of nitrogens with one attached hydrogen (secondary N) is 1. The lowest BCUT2D eigenvalue weighted by Gasteiger charge is -2.10. The monoisotopic (exact) mass is 453 g/mol. The Morgan fingerprint density at radius 1 is 0.938 bits per heavy atom. The summed E-state index contributed by atoms with van der Waals surface area (Å²) in [5.41, 5.74) is 3.18. The standard InChI is InChI=1S/C23H17F2N3O3S/c24-22(25)30-17-12-10-16(11-13-17)21-27-28-23(31-21)32-14-20(29)26-19-9-5-4-8-18(19)15-6-2-1-3-7-15/h1-13,22H,14H2,(H,26,29). The lowest BCUT2D eigenvalue weighted by molar-refractivity contribution is -0.113. The van der Waals surface area contributed by atoms with Gasteiger partial charge in [0.05, 0.1) is 5.75 Å². The number of hydrogen-bond acceptors (Lipinski definition) is 6. The number of hydrogen-bond donors (Lipinski definition) is 1. The topological polar surface area (TPSA) is 77.2 Å². The van der Waals surface area contributed by atoms with Crippen molar-refractivity contribution in [1.29, 1.82) is 0 Å². The number of carbonyl (C=O) groups is 1. The van der Waals surface area contributed by atoms with Crippen LogP contribution < -0.4 is 10.1 Å². The van der Waals surface area contributed by atoms with Crippen molar-refractivity contribution in [3.63, 3.8) is 0 Å². The first-order chi connectivity index (χ1) is 15.6. The number of aromatic nitrogens is 2. The summed E-state index contributed by atoms with van der Waals surface area (Å²) >= 11 is 1.10. The molecule has 0 atom stereocenters. The lowest BCUT2D eigenvalue weighted by Crippen LogP contribution is -2.14. The van der Waals surface area contributed by atoms with E-state index in [1.54, 1.807) is 0 Å². The summed E-state index contributed by atoms with van der Waals surface area (Å²) in [6, 6.07) is 23.2. The third-order valence-electron chi connectivity index (χ3n) is 4.35. The van der Waals surface area contributed by atoms with E-state index in [1.807, 2.05) is 54.6 Å². The number of thioether (sulfide) groups is 1. The van der Waals surface area contributed by atoms with E-state index in [2.05, 4.69) is 20.3 Å². The van der Waals surface area contributed by atoms with Gasteiger partial charge in [-0.2, -0.15) is 8.78 Å². The summed E-state index contributed by atoms with van der Waals surface area (Å²) in [7, 11) is 0. The van der Waals surface area contributed by atoms with Crippen molar-refractivity contribution in [2.24, 2.45) is 0 Å². The Balaban J connectivity index is 1.36. The zero-order valence-corrected chi connectivity index (χ0v) is 17.4. The molecule has 9 heteroatoms. The third-order valence-corrected chi connectivity index (χ3v) is 5.16. The fraction of sp³-hybridized carbons (Fsp3) is 0.0870. The molecule has 1 heterocycles. The predicted octanol–water partition coefficient (Wildman–Crippen LogP) is 5.74. The van der Waals surface area contributed by atoms with Crippen molar-refractivity contribution >= 4 is 23.4 Å². The predicted molar refractivity (Wildman–Crippen MR) is 118 cm³/mol. The smallest absolute Gasteiger partial charge is 0.387 e. The minimum atomic E-state index is -2.89. The van der Waals surface area contributed by atoms with Gasteiger partial charge >= 0.3 is 6.61 Å². The van der Waals surface area contributed by atoms with Gasteiger partial charge in [0, 0.05) is 16.8 Å². The number of halogens is 2. The molecule has 0 unspecified atom stereocenters. The zero-order valence-electron chi connectivity index (χ0n) is 16.6. The van der Waals surface area contributed by atoms with E-state index in [4.69, 9.17) is 4.42 Å². The summed E-state index contributed by atoms with van der Waals surface area (Å²) in [6.45, 7) is -2.89. The number of benzene rings is 3. The summed E-state index contributed by atoms with van der Waals surface area (Å²) < 4.78 is 34.4. The van der Waals surface area contributed by atoms with Crippen molar-refractivity contribution < 1.29 is 22.7 Å². The number of alkyl halides is 2. The van der Waals surface area contributed by atoms with Gasteiger partial charge in [-0.25, -0.2) is 0 Å². The number of nitrogens with zero attached hydrogens (tertiary/aromatic N) is 2. The highest BCUT2D eigenvalue weighted by atomic mass is 32.2. The molecule has 3 aromatic carbocycles. The molecule has 1 aromatic heterocycles. The summed E-state index contributed by atoms with van der Waals surface area (Å²) in [4.78, 5) is 12.5. The number of anilines is 1. The van der Waals surface area contributed by atoms with Crippen LogP contribution in [0.15, 0.2) is 88.5 Å². The van der Waals surface area contributed by atoms with Crippen LogP contribution in [0.4, 0.5) is 14.5 Å². The molecule has 0 aliphatic carbocycles. The molecular weight excluding hydrogens is 436 g/mol. The van der Waals surface area contributed by atoms with E-state index in [0.29, 0.717) is 11.3 Å². The molecule has 4 rings (SSSR count). The first-order valence-electron chi connectivity index (χ1n) is 9.54. The largest absolute Gasteiger partial charge is 0.435 e. The van der Waals surface area contributed by atoms with E-state index in [-0.39, 0.29) is 28.5 Å². The van der Waals surface area contributed by atoms with Crippen molar-refractivity contribution in [3.8, 4) is 28.3 Å². The Bertz CT molecular complexity index is 1180. The molecule has 162 valence electrons. The zero-order chi connectivity index (χ0) is 22.3. The molecule has 0 saturated heterocycles. The van der Waals surface area contributed by atoms with Gasteiger partial charge in [0.15, 0.2) is 0 Å². The summed E-state index contributed by atoms with van der Waals surface area (Å²) in [5, 5.41) is 11.0. The second-order valence-corrected chi connectivity index (χ2v) is 7.45. The number of amides is 1. The molecule has 4 aromatic rings. The first kappa shape index (κ1) is 21.5. The van der Waals surface area contributed by atoms with Crippen LogP contribution >= 0.6 is 11.8 Å². The van der Waals surface area contributed by atoms with Gasteiger partial charge in [-0.1, -0.05) is 60.3 Å². The molecule has 0 radical (unpaired) electrons. The van der Waals surface area contributed by atoms with Gasteiger partial charge in [0.25, 0.3) is 5.22 Å². The van der Waals surface area contributed by atoms with E-state index in [9.17, 15) is 13.6 Å². The quantitative estimate of drug-likeness (QED) is 0.343. The Hall–Kier alpha value is -3.72. The van der Waals surface area contributed by atoms with E-state index < -0.39 is 6.61 Å². The first-order valence-corrected chi connectivity index (χ1v) is 10.5. The highest BCUT2D eigenvalue weighted by molar-refractivity contribution is 7.99. The molecule has 6 nitrogen and oxygen atoms in total. The van der Waals surface area contributed by atoms with Crippen molar-refractivity contribution in [2.75, 3.05) is 11.1 Å². The molecule has 0 bridgehead atoms. The van der Waals surface area contributed by atoms with Crippen LogP contribution in [0, 0.1) is 0 Å². The van der Waals surface area contributed by atoms with Gasteiger partial charge in [-0.15, -0.1) is 10.2 Å². The van der Waals surface area contributed by atoms with Crippen LogP contribution in [0.25, 0.3) is 22.6 Å². The molecule has 0 spiro atoms. The summed E-state index contributed by atoms with van der Waals surface area (Å²) in [5.74, 6) is 0.106. The fourth-order valence-corrected chi connectivity index (χ4v) is 3.50. The summed E-state index contributed by atoms with van der Waals surface area (Å²) in [6.07, 6.45) is 0. The van der Waals surface area contributed by atoms with Gasteiger partial charge in [0.1, 0.15) is 5.75 Å². The van der Waals surface area contributed by atoms with Crippen LogP contribution in [0.1, 0.15) is 0 Å². The molecule has 32 heavy (non-hydrogen) atoms. The Morgan fingerprint density at radius 2 is 1.66 bits per heavy atom. The number of para-hydroxylation sites is 1. The van der Waals surface area contributed by atoms with E-state index >= 15 is 0 Å². The molecular formula is C23H17F2N3O3S. The van der Waals surface area contributed by atoms with Gasteiger partial charge < -0.3 is 14.5 Å². The van der Waals surface area contributed by atoms with Crippen LogP contribution in [0.5, 0.6) is 5.75 Å². The minimum absolute atomic E-state index is 0.0327. The number of rotatable bonds is 8. The second-order valence-electron chi connectivity index (χ2n) is 6.52. The molecule has 1 N–H and O–H groups in total. The molecule has 0 aliphatic heterocycles. The van der Waals surface area contributed by atoms with Crippen LogP contribution in [-0.4, -0.2) is 28.5 Å². The molecule has 1 amide bonds. The Labute approximate surface area is 186 Å². The van der Waals surface area contributed by atoms with E-state index in [1.165, 1.54) is 24.3 Å². The van der Waals surface area contributed by atoms with Crippen LogP contribution in [-0.2, 0) is 4.79 Å². The average molecular weight is 453 g/mol. The lowest BCUT2D eigenvalue weighted by atomic mass is 10.0. The highest BCUT2D eigenvalue weighted by Crippen LogP contribution is 2.29. The average Bonchev–Trinajstić information content (AvgIpc) is 3.28. The van der Waals surface area contributed by atoms with E-state index in [0.717, 1.165) is 22.9 Å².